The summed E-state index contributed by atoms with van der Waals surface area (Å²) in [6, 6.07) is 7.02. The van der Waals surface area contributed by atoms with Crippen molar-refractivity contribution in [2.24, 2.45) is 0 Å². The van der Waals surface area contributed by atoms with Crippen molar-refractivity contribution in [3.05, 3.63) is 45.6 Å². The van der Waals surface area contributed by atoms with Crippen molar-refractivity contribution in [1.82, 2.24) is 5.32 Å². The molecule has 2 N–H and O–H groups in total. The van der Waals surface area contributed by atoms with Gasteiger partial charge >= 0.3 is 0 Å². The molecule has 5 nitrogen and oxygen atoms in total. The second-order valence-corrected chi connectivity index (χ2v) is 6.17. The number of hydrogen-bond acceptors (Lipinski definition) is 5. The van der Waals surface area contributed by atoms with Crippen molar-refractivity contribution < 1.29 is 19.4 Å². The molecule has 2 rings (SSSR count). The summed E-state index contributed by atoms with van der Waals surface area (Å²) in [5.41, 5.74) is 1.50. The highest BCUT2D eigenvalue weighted by atomic mass is 32.1. The van der Waals surface area contributed by atoms with E-state index >= 15 is 0 Å². The maximum absolute atomic E-state index is 12.3. The van der Waals surface area contributed by atoms with Crippen LogP contribution >= 0.6 is 11.3 Å². The number of aliphatic hydroxyl groups is 1. The van der Waals surface area contributed by atoms with Crippen LogP contribution in [0.25, 0.3) is 0 Å². The maximum atomic E-state index is 12.3. The zero-order chi connectivity index (χ0) is 17.5. The predicted molar refractivity (Wildman–Crippen MR) is 95.1 cm³/mol. The number of carbonyl (C=O) groups is 1. The molecule has 2 aromatic rings. The molecule has 0 spiro atoms. The van der Waals surface area contributed by atoms with Crippen LogP contribution in [-0.4, -0.2) is 30.8 Å². The molecular weight excluding hydrogens is 326 g/mol. The lowest BCUT2D eigenvalue weighted by atomic mass is 10.1. The summed E-state index contributed by atoms with van der Waals surface area (Å²) >= 11 is 1.48. The first kappa shape index (κ1) is 18.3. The normalized spacial score (nSPS) is 11.8. The van der Waals surface area contributed by atoms with Crippen LogP contribution in [0.15, 0.2) is 29.6 Å². The van der Waals surface area contributed by atoms with Crippen LogP contribution in [0.5, 0.6) is 11.5 Å². The van der Waals surface area contributed by atoms with Crippen LogP contribution in [0, 0.1) is 6.92 Å². The first-order valence-electron chi connectivity index (χ1n) is 7.96. The van der Waals surface area contributed by atoms with Crippen LogP contribution in [0.1, 0.15) is 40.8 Å². The van der Waals surface area contributed by atoms with Crippen LogP contribution in [0.4, 0.5) is 0 Å². The highest BCUT2D eigenvalue weighted by molar-refractivity contribution is 7.10. The number of rotatable bonds is 8. The molecule has 130 valence electrons. The summed E-state index contributed by atoms with van der Waals surface area (Å²) < 4.78 is 11.0. The molecule has 6 heteroatoms. The first-order chi connectivity index (χ1) is 11.6. The van der Waals surface area contributed by atoms with Gasteiger partial charge in [0.25, 0.3) is 5.91 Å². The Morgan fingerprint density at radius 1 is 1.21 bits per heavy atom. The summed E-state index contributed by atoms with van der Waals surface area (Å²) in [5.74, 6) is 0.902. The average Bonchev–Trinajstić information content (AvgIpc) is 3.00. The second kappa shape index (κ2) is 8.70. The van der Waals surface area contributed by atoms with E-state index in [-0.39, 0.29) is 12.5 Å². The van der Waals surface area contributed by atoms with Crippen molar-refractivity contribution in [3.63, 3.8) is 0 Å². The van der Waals surface area contributed by atoms with E-state index in [0.29, 0.717) is 30.3 Å². The van der Waals surface area contributed by atoms with Crippen LogP contribution < -0.4 is 14.8 Å². The van der Waals surface area contributed by atoms with Crippen LogP contribution in [-0.2, 0) is 0 Å². The molecule has 1 unspecified atom stereocenters. The summed E-state index contributed by atoms with van der Waals surface area (Å²) in [4.78, 5) is 13.2. The Balaban J connectivity index is 2.04. The number of benzene rings is 1. The molecule has 0 bridgehead atoms. The molecule has 1 aromatic carbocycles. The summed E-state index contributed by atoms with van der Waals surface area (Å²) in [7, 11) is 0. The van der Waals surface area contributed by atoms with Gasteiger partial charge in [-0.15, -0.1) is 11.3 Å². The number of thiophene rings is 1. The fraction of sp³-hybridized carbons (Fsp3) is 0.389. The molecule has 0 aliphatic heterocycles. The standard InChI is InChI=1S/C18H23NO4S/c1-4-22-15-7-6-13(10-16(15)23-5-2)18(21)19-11-14(20)17-12(3)8-9-24-17/h6-10,14,20H,4-5,11H2,1-3H3,(H,19,21). The topological polar surface area (TPSA) is 67.8 Å². The quantitative estimate of drug-likeness (QED) is 0.767. The number of aliphatic hydroxyl groups excluding tert-OH is 1. The predicted octanol–water partition coefficient (Wildman–Crippen LogP) is 3.32. The zero-order valence-electron chi connectivity index (χ0n) is 14.2. The Hall–Kier alpha value is -2.05. The summed E-state index contributed by atoms with van der Waals surface area (Å²) in [5, 5.41) is 14.9. The SMILES string of the molecule is CCOc1ccc(C(=O)NCC(O)c2sccc2C)cc1OCC. The van der Waals surface area contributed by atoms with E-state index in [0.717, 1.165) is 10.4 Å². The van der Waals surface area contributed by atoms with Gasteiger partial charge in [-0.2, -0.15) is 0 Å². The minimum atomic E-state index is -0.706. The third-order valence-corrected chi connectivity index (χ3v) is 4.59. The van der Waals surface area contributed by atoms with Gasteiger partial charge in [-0.25, -0.2) is 0 Å². The van der Waals surface area contributed by atoms with E-state index in [1.165, 1.54) is 11.3 Å². The monoisotopic (exact) mass is 349 g/mol. The minimum Gasteiger partial charge on any atom is -0.490 e. The summed E-state index contributed by atoms with van der Waals surface area (Å²) in [6.45, 7) is 6.89. The zero-order valence-corrected chi connectivity index (χ0v) is 15.0. The van der Waals surface area contributed by atoms with Gasteiger partial charge in [0.05, 0.1) is 13.2 Å². The first-order valence-corrected chi connectivity index (χ1v) is 8.84. The maximum Gasteiger partial charge on any atom is 0.251 e. The highest BCUT2D eigenvalue weighted by Gasteiger charge is 2.15. The van der Waals surface area contributed by atoms with Crippen molar-refractivity contribution in [2.45, 2.75) is 26.9 Å². The van der Waals surface area contributed by atoms with Gasteiger partial charge in [0.2, 0.25) is 0 Å². The highest BCUT2D eigenvalue weighted by Crippen LogP contribution is 2.28. The Kier molecular flexibility index (Phi) is 6.63. The average molecular weight is 349 g/mol. The second-order valence-electron chi connectivity index (χ2n) is 5.22. The lowest BCUT2D eigenvalue weighted by molar-refractivity contribution is 0.0917. The fourth-order valence-corrected chi connectivity index (χ4v) is 3.22. The van der Waals surface area contributed by atoms with Gasteiger partial charge in [0, 0.05) is 17.0 Å². The fourth-order valence-electron chi connectivity index (χ4n) is 2.30. The van der Waals surface area contributed by atoms with Gasteiger partial charge < -0.3 is 19.9 Å². The number of hydrogen-bond donors (Lipinski definition) is 2. The lowest BCUT2D eigenvalue weighted by Crippen LogP contribution is -2.28. The number of nitrogens with one attached hydrogen (secondary N) is 1. The smallest absolute Gasteiger partial charge is 0.251 e. The van der Waals surface area contributed by atoms with Crippen LogP contribution in [0.3, 0.4) is 0 Å². The van der Waals surface area contributed by atoms with Crippen molar-refractivity contribution in [3.8, 4) is 11.5 Å². The molecule has 0 saturated heterocycles. The molecule has 0 aliphatic carbocycles. The third kappa shape index (κ3) is 4.49. The molecule has 1 aromatic heterocycles. The molecule has 1 atom stereocenters. The van der Waals surface area contributed by atoms with E-state index in [2.05, 4.69) is 5.32 Å². The Labute approximate surface area is 146 Å². The molecule has 0 radical (unpaired) electrons. The molecule has 0 saturated carbocycles. The van der Waals surface area contributed by atoms with Crippen LogP contribution in [0.2, 0.25) is 0 Å². The van der Waals surface area contributed by atoms with Gasteiger partial charge in [0.15, 0.2) is 11.5 Å². The minimum absolute atomic E-state index is 0.164. The molecule has 24 heavy (non-hydrogen) atoms. The summed E-state index contributed by atoms with van der Waals surface area (Å²) in [6.07, 6.45) is -0.706. The van der Waals surface area contributed by atoms with E-state index in [9.17, 15) is 9.90 Å². The molecule has 0 fully saturated rings. The van der Waals surface area contributed by atoms with Gasteiger partial charge in [-0.1, -0.05) is 0 Å². The Morgan fingerprint density at radius 2 is 1.92 bits per heavy atom. The van der Waals surface area contributed by atoms with E-state index in [1.54, 1.807) is 18.2 Å². The number of carbonyl (C=O) groups excluding carboxylic acids is 1. The van der Waals surface area contributed by atoms with Crippen molar-refractivity contribution in [2.75, 3.05) is 19.8 Å². The van der Waals surface area contributed by atoms with E-state index in [4.69, 9.17) is 9.47 Å². The van der Waals surface area contributed by atoms with Gasteiger partial charge in [0.1, 0.15) is 6.10 Å². The molecular formula is C18H23NO4S. The Morgan fingerprint density at radius 3 is 2.54 bits per heavy atom. The van der Waals surface area contributed by atoms with Gasteiger partial charge in [-0.3, -0.25) is 4.79 Å². The largest absolute Gasteiger partial charge is 0.490 e. The molecule has 1 amide bonds. The van der Waals surface area contributed by atoms with E-state index < -0.39 is 6.10 Å². The van der Waals surface area contributed by atoms with E-state index in [1.807, 2.05) is 32.2 Å². The Bertz CT molecular complexity index is 683. The lowest BCUT2D eigenvalue weighted by Gasteiger charge is -2.14. The third-order valence-electron chi connectivity index (χ3n) is 3.47. The molecule has 1 heterocycles. The number of aryl methyl sites for hydroxylation is 1. The number of ether oxygens (including phenoxy) is 2. The van der Waals surface area contributed by atoms with Crippen molar-refractivity contribution >= 4 is 17.2 Å². The van der Waals surface area contributed by atoms with Gasteiger partial charge in [-0.05, 0) is 56.0 Å². The number of amides is 1. The molecule has 0 aliphatic rings. The van der Waals surface area contributed by atoms with Crippen molar-refractivity contribution in [1.29, 1.82) is 0 Å².